The molecule has 14 heavy (non-hydrogen) atoms. The monoisotopic (exact) mass is 197 g/mol. The van der Waals surface area contributed by atoms with Crippen LogP contribution in [0.25, 0.3) is 0 Å². The van der Waals surface area contributed by atoms with Crippen LogP contribution >= 0.6 is 0 Å². The van der Waals surface area contributed by atoms with Gasteiger partial charge in [-0.3, -0.25) is 5.32 Å². The number of hydrogen-bond donors (Lipinski definition) is 1. The maximum Gasteiger partial charge on any atom is 0.121 e. The zero-order valence-electron chi connectivity index (χ0n) is 9.73. The molecule has 82 valence electrons. The molecule has 0 radical (unpaired) electrons. The summed E-state index contributed by atoms with van der Waals surface area (Å²) in [7, 11) is 0. The van der Waals surface area contributed by atoms with E-state index >= 15 is 0 Å². The molecule has 0 aromatic rings. The third-order valence-corrected chi connectivity index (χ3v) is 3.82. The summed E-state index contributed by atoms with van der Waals surface area (Å²) in [5.41, 5.74) is 0.330. The molecular weight excluding hydrogens is 174 g/mol. The van der Waals surface area contributed by atoms with Crippen molar-refractivity contribution in [2.45, 2.75) is 52.2 Å². The number of nitrogens with one attached hydrogen (secondary N) is 1. The van der Waals surface area contributed by atoms with E-state index in [0.717, 1.165) is 13.2 Å². The van der Waals surface area contributed by atoms with E-state index < -0.39 is 0 Å². The number of hydrogen-bond acceptors (Lipinski definition) is 2. The topological polar surface area (TPSA) is 21.3 Å². The van der Waals surface area contributed by atoms with Crippen LogP contribution in [0.1, 0.15) is 46.5 Å². The lowest BCUT2D eigenvalue weighted by Gasteiger charge is -2.49. The van der Waals surface area contributed by atoms with Crippen LogP contribution in [-0.2, 0) is 4.74 Å². The Morgan fingerprint density at radius 2 is 2.07 bits per heavy atom. The molecule has 1 aliphatic carbocycles. The van der Waals surface area contributed by atoms with E-state index in [1.165, 1.54) is 25.7 Å². The Bertz CT molecular complexity index is 202. The quantitative estimate of drug-likeness (QED) is 0.644. The molecule has 2 unspecified atom stereocenters. The summed E-state index contributed by atoms with van der Waals surface area (Å²) in [5, 5.41) is 3.65. The predicted molar refractivity (Wildman–Crippen MR) is 58.1 cm³/mol. The molecular formula is C12H23NO. The first-order valence-corrected chi connectivity index (χ1v) is 5.93. The summed E-state index contributed by atoms with van der Waals surface area (Å²) in [4.78, 5) is 0. The van der Waals surface area contributed by atoms with Crippen LogP contribution in [0.2, 0.25) is 0 Å². The largest absolute Gasteiger partial charge is 0.360 e. The maximum atomic E-state index is 6.12. The third-order valence-electron chi connectivity index (χ3n) is 3.82. The van der Waals surface area contributed by atoms with E-state index in [0.29, 0.717) is 11.3 Å². The molecule has 1 aliphatic heterocycles. The Morgan fingerprint density at radius 3 is 2.64 bits per heavy atom. The molecule has 1 saturated carbocycles. The molecule has 1 saturated heterocycles. The molecule has 0 bridgehead atoms. The van der Waals surface area contributed by atoms with Gasteiger partial charge in [-0.05, 0) is 25.2 Å². The minimum absolute atomic E-state index is 0.0216. The first kappa shape index (κ1) is 10.4. The highest BCUT2D eigenvalue weighted by Crippen LogP contribution is 2.38. The lowest BCUT2D eigenvalue weighted by atomic mass is 9.79. The van der Waals surface area contributed by atoms with Crippen LogP contribution in [0.15, 0.2) is 0 Å². The minimum Gasteiger partial charge on any atom is -0.360 e. The summed E-state index contributed by atoms with van der Waals surface area (Å²) in [6, 6.07) is 0. The second-order valence-corrected chi connectivity index (χ2v) is 5.84. The van der Waals surface area contributed by atoms with Crippen molar-refractivity contribution in [2.75, 3.05) is 13.2 Å². The zero-order chi connectivity index (χ0) is 10.2. The first-order chi connectivity index (χ1) is 6.54. The zero-order valence-corrected chi connectivity index (χ0v) is 9.73. The fourth-order valence-electron chi connectivity index (χ4n) is 2.61. The van der Waals surface area contributed by atoms with Gasteiger partial charge in [-0.25, -0.2) is 0 Å². The van der Waals surface area contributed by atoms with Gasteiger partial charge in [0, 0.05) is 12.0 Å². The first-order valence-electron chi connectivity index (χ1n) is 5.93. The Labute approximate surface area is 87.4 Å². The highest BCUT2D eigenvalue weighted by molar-refractivity contribution is 4.93. The smallest absolute Gasteiger partial charge is 0.121 e. The molecule has 2 fully saturated rings. The van der Waals surface area contributed by atoms with Gasteiger partial charge < -0.3 is 4.74 Å². The fraction of sp³-hybridized carbons (Fsp3) is 1.00. The molecule has 2 atom stereocenters. The average Bonchev–Trinajstić information content (AvgIpc) is 2.15. The van der Waals surface area contributed by atoms with Gasteiger partial charge in [0.2, 0.25) is 0 Å². The van der Waals surface area contributed by atoms with Crippen LogP contribution in [-0.4, -0.2) is 18.9 Å². The second kappa shape index (κ2) is 3.49. The van der Waals surface area contributed by atoms with Gasteiger partial charge in [-0.2, -0.15) is 0 Å². The van der Waals surface area contributed by atoms with Crippen molar-refractivity contribution in [3.63, 3.8) is 0 Å². The SMILES string of the molecule is CC1CCCCC12NCC(C)(C)CO2. The van der Waals surface area contributed by atoms with E-state index in [1.54, 1.807) is 0 Å². The van der Waals surface area contributed by atoms with Crippen molar-refractivity contribution in [1.82, 2.24) is 5.32 Å². The van der Waals surface area contributed by atoms with Gasteiger partial charge in [-0.15, -0.1) is 0 Å². The standard InChI is InChI=1S/C12H23NO/c1-10-6-4-5-7-12(10)13-8-11(2,3)9-14-12/h10,13H,4-9H2,1-3H3. The Kier molecular flexibility index (Phi) is 2.61. The lowest BCUT2D eigenvalue weighted by molar-refractivity contribution is -0.178. The van der Waals surface area contributed by atoms with Gasteiger partial charge in [0.05, 0.1) is 6.61 Å². The van der Waals surface area contributed by atoms with Crippen molar-refractivity contribution >= 4 is 0 Å². The summed E-state index contributed by atoms with van der Waals surface area (Å²) < 4.78 is 6.12. The number of rotatable bonds is 0. The van der Waals surface area contributed by atoms with Crippen LogP contribution in [0.4, 0.5) is 0 Å². The molecule has 2 aliphatic rings. The van der Waals surface area contributed by atoms with Gasteiger partial charge >= 0.3 is 0 Å². The highest BCUT2D eigenvalue weighted by Gasteiger charge is 2.43. The normalized spacial score (nSPS) is 42.6. The maximum absolute atomic E-state index is 6.12. The van der Waals surface area contributed by atoms with E-state index in [4.69, 9.17) is 4.74 Å². The average molecular weight is 197 g/mol. The summed E-state index contributed by atoms with van der Waals surface area (Å²) in [6.45, 7) is 8.85. The second-order valence-electron chi connectivity index (χ2n) is 5.84. The molecule has 2 nitrogen and oxygen atoms in total. The van der Waals surface area contributed by atoms with Gasteiger partial charge in [0.25, 0.3) is 0 Å². The Hall–Kier alpha value is -0.0800. The minimum atomic E-state index is 0.0216. The lowest BCUT2D eigenvalue weighted by Crippen LogP contribution is -2.61. The Morgan fingerprint density at radius 1 is 1.29 bits per heavy atom. The molecule has 1 N–H and O–H groups in total. The van der Waals surface area contributed by atoms with Crippen LogP contribution < -0.4 is 5.32 Å². The van der Waals surface area contributed by atoms with Crippen molar-refractivity contribution < 1.29 is 4.74 Å². The molecule has 1 spiro atoms. The molecule has 0 aromatic heterocycles. The van der Waals surface area contributed by atoms with Crippen LogP contribution in [0.5, 0.6) is 0 Å². The fourth-order valence-corrected chi connectivity index (χ4v) is 2.61. The summed E-state index contributed by atoms with van der Waals surface area (Å²) in [6.07, 6.45) is 5.20. The van der Waals surface area contributed by atoms with Crippen molar-refractivity contribution in [3.8, 4) is 0 Å². The third kappa shape index (κ3) is 1.82. The molecule has 2 rings (SSSR count). The van der Waals surface area contributed by atoms with Gasteiger partial charge in [-0.1, -0.05) is 27.2 Å². The predicted octanol–water partition coefficient (Wildman–Crippen LogP) is 2.54. The molecule has 0 aromatic carbocycles. The van der Waals surface area contributed by atoms with Crippen molar-refractivity contribution in [1.29, 1.82) is 0 Å². The highest BCUT2D eigenvalue weighted by atomic mass is 16.5. The van der Waals surface area contributed by atoms with Crippen LogP contribution in [0.3, 0.4) is 0 Å². The number of ether oxygens (including phenoxy) is 1. The molecule has 0 amide bonds. The van der Waals surface area contributed by atoms with Gasteiger partial charge in [0.1, 0.15) is 5.72 Å². The van der Waals surface area contributed by atoms with E-state index in [9.17, 15) is 0 Å². The van der Waals surface area contributed by atoms with E-state index in [1.807, 2.05) is 0 Å². The molecule has 2 heteroatoms. The van der Waals surface area contributed by atoms with Crippen molar-refractivity contribution in [3.05, 3.63) is 0 Å². The summed E-state index contributed by atoms with van der Waals surface area (Å²) in [5.74, 6) is 0.673. The Balaban J connectivity index is 2.03. The van der Waals surface area contributed by atoms with E-state index in [-0.39, 0.29) is 5.72 Å². The van der Waals surface area contributed by atoms with Crippen LogP contribution in [0, 0.1) is 11.3 Å². The van der Waals surface area contributed by atoms with Gasteiger partial charge in [0.15, 0.2) is 0 Å². The molecule has 1 heterocycles. The summed E-state index contributed by atoms with van der Waals surface area (Å²) >= 11 is 0. The van der Waals surface area contributed by atoms with Crippen molar-refractivity contribution in [2.24, 2.45) is 11.3 Å². The van der Waals surface area contributed by atoms with E-state index in [2.05, 4.69) is 26.1 Å².